The van der Waals surface area contributed by atoms with E-state index >= 15 is 0 Å². The molecule has 0 saturated carbocycles. The first-order valence-corrected chi connectivity index (χ1v) is 6.46. The molecule has 88 valence electrons. The molecule has 0 radical (unpaired) electrons. The largest absolute Gasteiger partial charge is 0.502 e. The Labute approximate surface area is 96.5 Å². The average molecular weight is 266 g/mol. The SMILES string of the molecule is CS(=O)(=O)c1cc(CCl)c(O)c([N+](=O)[O-])c1. The lowest BCUT2D eigenvalue weighted by Gasteiger charge is -2.04. The fraction of sp³-hybridized carbons (Fsp3) is 0.250. The van der Waals surface area contributed by atoms with E-state index in [2.05, 4.69) is 0 Å². The van der Waals surface area contributed by atoms with Crippen LogP contribution in [0.4, 0.5) is 5.69 Å². The number of alkyl halides is 1. The van der Waals surface area contributed by atoms with Gasteiger partial charge in [-0.1, -0.05) is 0 Å². The summed E-state index contributed by atoms with van der Waals surface area (Å²) >= 11 is 5.45. The van der Waals surface area contributed by atoms with Crippen molar-refractivity contribution in [2.45, 2.75) is 10.8 Å². The molecule has 1 aromatic rings. The number of nitrogens with zero attached hydrogens (tertiary/aromatic N) is 1. The molecule has 16 heavy (non-hydrogen) atoms. The monoisotopic (exact) mass is 265 g/mol. The van der Waals surface area contributed by atoms with E-state index in [0.29, 0.717) is 0 Å². The summed E-state index contributed by atoms with van der Waals surface area (Å²) in [7, 11) is -3.58. The van der Waals surface area contributed by atoms with E-state index in [1.165, 1.54) is 0 Å². The Morgan fingerprint density at radius 3 is 2.44 bits per heavy atom. The van der Waals surface area contributed by atoms with Crippen molar-refractivity contribution in [1.29, 1.82) is 0 Å². The molecule has 0 aliphatic heterocycles. The number of benzene rings is 1. The van der Waals surface area contributed by atoms with Gasteiger partial charge in [-0.2, -0.15) is 0 Å². The molecule has 0 spiro atoms. The number of nitro groups is 1. The van der Waals surface area contributed by atoms with Crippen molar-refractivity contribution in [3.05, 3.63) is 27.8 Å². The highest BCUT2D eigenvalue weighted by molar-refractivity contribution is 7.90. The van der Waals surface area contributed by atoms with Crippen LogP contribution in [-0.4, -0.2) is 24.7 Å². The Balaban J connectivity index is 3.59. The third kappa shape index (κ3) is 2.42. The minimum Gasteiger partial charge on any atom is -0.502 e. The van der Waals surface area contributed by atoms with E-state index in [1.807, 2.05) is 0 Å². The van der Waals surface area contributed by atoms with Crippen LogP contribution in [0.2, 0.25) is 0 Å². The maximum Gasteiger partial charge on any atom is 0.312 e. The summed E-state index contributed by atoms with van der Waals surface area (Å²) in [4.78, 5) is 9.47. The van der Waals surface area contributed by atoms with Gasteiger partial charge in [0.25, 0.3) is 0 Å². The smallest absolute Gasteiger partial charge is 0.312 e. The Morgan fingerprint density at radius 2 is 2.06 bits per heavy atom. The number of halogens is 1. The van der Waals surface area contributed by atoms with Gasteiger partial charge in [0.2, 0.25) is 0 Å². The summed E-state index contributed by atoms with van der Waals surface area (Å²) in [5, 5.41) is 20.0. The first kappa shape index (κ1) is 12.7. The molecular formula is C8H8ClNO5S. The van der Waals surface area contributed by atoms with Crippen LogP contribution in [0.5, 0.6) is 5.75 Å². The molecule has 1 N–H and O–H groups in total. The predicted molar refractivity (Wildman–Crippen MR) is 57.4 cm³/mol. The first-order chi connectivity index (χ1) is 7.27. The molecule has 0 aliphatic carbocycles. The lowest BCUT2D eigenvalue weighted by molar-refractivity contribution is -0.386. The zero-order chi connectivity index (χ0) is 12.5. The highest BCUT2D eigenvalue weighted by Gasteiger charge is 2.22. The number of hydrogen-bond acceptors (Lipinski definition) is 5. The zero-order valence-electron chi connectivity index (χ0n) is 8.18. The maximum atomic E-state index is 11.2. The minimum atomic E-state index is -3.58. The lowest BCUT2D eigenvalue weighted by atomic mass is 10.2. The fourth-order valence-electron chi connectivity index (χ4n) is 1.10. The van der Waals surface area contributed by atoms with Crippen LogP contribution in [-0.2, 0) is 15.7 Å². The second-order valence-electron chi connectivity index (χ2n) is 3.11. The molecule has 0 amide bonds. The molecule has 0 atom stereocenters. The molecule has 0 bridgehead atoms. The number of rotatable bonds is 3. The number of phenolic OH excluding ortho intramolecular Hbond substituents is 1. The van der Waals surface area contributed by atoms with Gasteiger partial charge in [0.1, 0.15) is 0 Å². The van der Waals surface area contributed by atoms with E-state index in [4.69, 9.17) is 11.6 Å². The summed E-state index contributed by atoms with van der Waals surface area (Å²) < 4.78 is 22.5. The van der Waals surface area contributed by atoms with Crippen LogP contribution < -0.4 is 0 Å². The molecule has 0 aromatic heterocycles. The van der Waals surface area contributed by atoms with E-state index < -0.39 is 26.2 Å². The van der Waals surface area contributed by atoms with Gasteiger partial charge >= 0.3 is 5.69 Å². The van der Waals surface area contributed by atoms with Crippen LogP contribution in [0.1, 0.15) is 5.56 Å². The number of sulfone groups is 1. The van der Waals surface area contributed by atoms with Gasteiger partial charge in [-0.05, 0) is 6.07 Å². The normalized spacial score (nSPS) is 11.4. The average Bonchev–Trinajstić information content (AvgIpc) is 2.15. The van der Waals surface area contributed by atoms with Gasteiger partial charge in [-0.3, -0.25) is 10.1 Å². The summed E-state index contributed by atoms with van der Waals surface area (Å²) in [5.74, 6) is -0.817. The zero-order valence-corrected chi connectivity index (χ0v) is 9.75. The van der Waals surface area contributed by atoms with Crippen LogP contribution in [0, 0.1) is 10.1 Å². The highest BCUT2D eigenvalue weighted by Crippen LogP contribution is 2.33. The van der Waals surface area contributed by atoms with Gasteiger partial charge in [0.15, 0.2) is 15.6 Å². The van der Waals surface area contributed by atoms with Crippen molar-refractivity contribution in [2.75, 3.05) is 6.26 Å². The standard InChI is InChI=1S/C8H8ClNO5S/c1-16(14,15)6-2-5(4-9)8(11)7(3-6)10(12)13/h2-3,11H,4H2,1H3. The Hall–Kier alpha value is -1.34. The molecule has 8 heteroatoms. The van der Waals surface area contributed by atoms with Crippen molar-refractivity contribution in [3.8, 4) is 5.75 Å². The molecule has 0 saturated heterocycles. The van der Waals surface area contributed by atoms with E-state index in [1.54, 1.807) is 0 Å². The lowest BCUT2D eigenvalue weighted by Crippen LogP contribution is -2.01. The Kier molecular flexibility index (Phi) is 3.39. The topological polar surface area (TPSA) is 97.5 Å². The van der Waals surface area contributed by atoms with Gasteiger partial charge in [0, 0.05) is 17.9 Å². The van der Waals surface area contributed by atoms with Gasteiger partial charge in [-0.15, -0.1) is 11.6 Å². The van der Waals surface area contributed by atoms with Crippen molar-refractivity contribution in [3.63, 3.8) is 0 Å². The van der Waals surface area contributed by atoms with Crippen molar-refractivity contribution >= 4 is 27.1 Å². The Morgan fingerprint density at radius 1 is 1.50 bits per heavy atom. The number of nitro benzene ring substituents is 1. The molecule has 6 nitrogen and oxygen atoms in total. The van der Waals surface area contributed by atoms with Crippen molar-refractivity contribution in [2.24, 2.45) is 0 Å². The van der Waals surface area contributed by atoms with Crippen molar-refractivity contribution < 1.29 is 18.4 Å². The first-order valence-electron chi connectivity index (χ1n) is 4.03. The summed E-state index contributed by atoms with van der Waals surface area (Å²) in [6.07, 6.45) is 0.918. The second-order valence-corrected chi connectivity index (χ2v) is 5.40. The van der Waals surface area contributed by atoms with Crippen LogP contribution in [0.3, 0.4) is 0 Å². The summed E-state index contributed by atoms with van der Waals surface area (Å²) in [5.41, 5.74) is -0.658. The molecule has 0 aliphatic rings. The third-order valence-corrected chi connectivity index (χ3v) is 3.29. The molecule has 1 rings (SSSR count). The quantitative estimate of drug-likeness (QED) is 0.507. The molecule has 1 aromatic carbocycles. The van der Waals surface area contributed by atoms with Crippen molar-refractivity contribution in [1.82, 2.24) is 0 Å². The third-order valence-electron chi connectivity index (χ3n) is 1.91. The number of hydrogen-bond donors (Lipinski definition) is 1. The van der Waals surface area contributed by atoms with Gasteiger partial charge in [-0.25, -0.2) is 8.42 Å². The molecule has 0 fully saturated rings. The number of aromatic hydroxyl groups is 1. The minimum absolute atomic E-state index is 0.0105. The summed E-state index contributed by atoms with van der Waals surface area (Å²) in [6, 6.07) is 1.92. The molecule has 0 unspecified atom stereocenters. The van der Waals surface area contributed by atoms with Crippen LogP contribution >= 0.6 is 11.6 Å². The van der Waals surface area contributed by atoms with E-state index in [-0.39, 0.29) is 16.3 Å². The van der Waals surface area contributed by atoms with E-state index in [9.17, 15) is 23.6 Å². The maximum absolute atomic E-state index is 11.2. The fourth-order valence-corrected chi connectivity index (χ4v) is 1.99. The second kappa shape index (κ2) is 4.26. The molecular weight excluding hydrogens is 258 g/mol. The molecule has 0 heterocycles. The van der Waals surface area contributed by atoms with Gasteiger partial charge in [0.05, 0.1) is 15.7 Å². The van der Waals surface area contributed by atoms with Crippen LogP contribution in [0.25, 0.3) is 0 Å². The number of phenols is 1. The summed E-state index contributed by atoms with van der Waals surface area (Å²) in [6.45, 7) is 0. The van der Waals surface area contributed by atoms with E-state index in [0.717, 1.165) is 18.4 Å². The van der Waals surface area contributed by atoms with Gasteiger partial charge < -0.3 is 5.11 Å². The van der Waals surface area contributed by atoms with Crippen LogP contribution in [0.15, 0.2) is 17.0 Å². The Bertz CT molecular complexity index is 540. The predicted octanol–water partition coefficient (Wildman–Crippen LogP) is 1.44. The highest BCUT2D eigenvalue weighted by atomic mass is 35.5.